The molecule has 32 heavy (non-hydrogen) atoms. The third kappa shape index (κ3) is 7.44. The van der Waals surface area contributed by atoms with Gasteiger partial charge in [-0.1, -0.05) is 36.4 Å². The van der Waals surface area contributed by atoms with E-state index in [1.807, 2.05) is 6.07 Å². The zero-order chi connectivity index (χ0) is 23.0. The fourth-order valence-electron chi connectivity index (χ4n) is 2.73. The molecule has 3 amide bonds. The molecular weight excluding hydrogens is 423 g/mol. The standard InChI is InChI=1S/C23H20F3N3O3/c24-23(25,26)15-32-14-16-9-11-17(12-10-16)21(30)27-19-7-4-8-20(13-19)29-22(31)28-18-5-2-1-3-6-18/h1-13H,14-15H2,(H,27,30)(H2,28,29,31). The Bertz CT molecular complexity index is 1060. The van der Waals surface area contributed by atoms with Crippen LogP contribution < -0.4 is 16.0 Å². The molecule has 0 aliphatic rings. The first-order chi connectivity index (χ1) is 15.3. The average molecular weight is 443 g/mol. The van der Waals surface area contributed by atoms with Gasteiger partial charge in [0.05, 0.1) is 6.61 Å². The van der Waals surface area contributed by atoms with Gasteiger partial charge in [-0.05, 0) is 48.0 Å². The van der Waals surface area contributed by atoms with Gasteiger partial charge in [-0.3, -0.25) is 4.79 Å². The molecule has 0 aliphatic carbocycles. The molecule has 0 radical (unpaired) electrons. The maximum Gasteiger partial charge on any atom is 0.411 e. The Morgan fingerprint density at radius 3 is 2.00 bits per heavy atom. The Hall–Kier alpha value is -3.85. The number of amides is 3. The zero-order valence-electron chi connectivity index (χ0n) is 16.8. The zero-order valence-corrected chi connectivity index (χ0v) is 16.8. The number of carbonyl (C=O) groups excluding carboxylic acids is 2. The average Bonchev–Trinajstić information content (AvgIpc) is 2.74. The highest BCUT2D eigenvalue weighted by molar-refractivity contribution is 6.05. The molecule has 0 spiro atoms. The van der Waals surface area contributed by atoms with E-state index in [9.17, 15) is 22.8 Å². The van der Waals surface area contributed by atoms with Crippen molar-refractivity contribution in [2.24, 2.45) is 0 Å². The molecule has 166 valence electrons. The summed E-state index contributed by atoms with van der Waals surface area (Å²) >= 11 is 0. The molecule has 0 saturated carbocycles. The fraction of sp³-hybridized carbons (Fsp3) is 0.130. The number of para-hydroxylation sites is 1. The van der Waals surface area contributed by atoms with Gasteiger partial charge in [0, 0.05) is 22.6 Å². The summed E-state index contributed by atoms with van der Waals surface area (Å²) in [4.78, 5) is 24.6. The number of anilines is 3. The van der Waals surface area contributed by atoms with E-state index in [1.54, 1.807) is 48.5 Å². The van der Waals surface area contributed by atoms with E-state index in [-0.39, 0.29) is 6.61 Å². The number of rotatable bonds is 7. The minimum atomic E-state index is -4.38. The second-order valence-corrected chi connectivity index (χ2v) is 6.78. The lowest BCUT2D eigenvalue weighted by Gasteiger charge is -2.10. The van der Waals surface area contributed by atoms with Gasteiger partial charge < -0.3 is 20.7 Å². The van der Waals surface area contributed by atoms with Crippen LogP contribution in [0.4, 0.5) is 35.0 Å². The number of halogens is 3. The van der Waals surface area contributed by atoms with Gasteiger partial charge in [-0.2, -0.15) is 13.2 Å². The highest BCUT2D eigenvalue weighted by atomic mass is 19.4. The third-order valence-corrected chi connectivity index (χ3v) is 4.16. The van der Waals surface area contributed by atoms with Crippen molar-refractivity contribution in [1.29, 1.82) is 0 Å². The van der Waals surface area contributed by atoms with Crippen molar-refractivity contribution in [2.75, 3.05) is 22.6 Å². The van der Waals surface area contributed by atoms with Crippen LogP contribution in [0.5, 0.6) is 0 Å². The number of ether oxygens (including phenoxy) is 1. The predicted molar refractivity (Wildman–Crippen MR) is 116 cm³/mol. The first-order valence-electron chi connectivity index (χ1n) is 9.56. The topological polar surface area (TPSA) is 79.5 Å². The van der Waals surface area contributed by atoms with Gasteiger partial charge in [0.2, 0.25) is 0 Å². The minimum Gasteiger partial charge on any atom is -0.367 e. The van der Waals surface area contributed by atoms with E-state index in [1.165, 1.54) is 24.3 Å². The van der Waals surface area contributed by atoms with Gasteiger partial charge in [-0.25, -0.2) is 4.79 Å². The Labute approximate surface area is 182 Å². The Morgan fingerprint density at radius 2 is 1.34 bits per heavy atom. The summed E-state index contributed by atoms with van der Waals surface area (Å²) < 4.78 is 41.0. The summed E-state index contributed by atoms with van der Waals surface area (Å²) in [7, 11) is 0. The highest BCUT2D eigenvalue weighted by Crippen LogP contribution is 2.18. The largest absolute Gasteiger partial charge is 0.411 e. The van der Waals surface area contributed by atoms with Crippen LogP contribution in [0.2, 0.25) is 0 Å². The molecule has 3 rings (SSSR count). The van der Waals surface area contributed by atoms with Crippen LogP contribution in [-0.4, -0.2) is 24.7 Å². The van der Waals surface area contributed by atoms with Crippen molar-refractivity contribution in [3.05, 3.63) is 90.0 Å². The van der Waals surface area contributed by atoms with Gasteiger partial charge >= 0.3 is 12.2 Å². The molecule has 0 unspecified atom stereocenters. The van der Waals surface area contributed by atoms with Crippen LogP contribution in [-0.2, 0) is 11.3 Å². The summed E-state index contributed by atoms with van der Waals surface area (Å²) in [6, 6.07) is 21.2. The summed E-state index contributed by atoms with van der Waals surface area (Å²) in [5, 5.41) is 8.09. The predicted octanol–water partition coefficient (Wildman–Crippen LogP) is 5.66. The number of hydrogen-bond acceptors (Lipinski definition) is 3. The van der Waals surface area contributed by atoms with E-state index >= 15 is 0 Å². The van der Waals surface area contributed by atoms with Gasteiger partial charge in [0.1, 0.15) is 6.61 Å². The number of carbonyl (C=O) groups is 2. The van der Waals surface area contributed by atoms with E-state index in [0.29, 0.717) is 28.2 Å². The SMILES string of the molecule is O=C(Nc1ccccc1)Nc1cccc(NC(=O)c2ccc(COCC(F)(F)F)cc2)c1. The lowest BCUT2D eigenvalue weighted by Crippen LogP contribution is -2.19. The molecule has 3 aromatic carbocycles. The molecule has 0 aromatic heterocycles. The number of nitrogens with one attached hydrogen (secondary N) is 3. The minimum absolute atomic E-state index is 0.208. The molecule has 0 bridgehead atoms. The summed E-state index contributed by atoms with van der Waals surface area (Å²) in [6.45, 7) is -1.54. The number of hydrogen-bond donors (Lipinski definition) is 3. The molecule has 0 saturated heterocycles. The maximum absolute atomic E-state index is 12.5. The third-order valence-electron chi connectivity index (χ3n) is 4.16. The maximum atomic E-state index is 12.5. The second-order valence-electron chi connectivity index (χ2n) is 6.78. The first kappa shape index (κ1) is 22.8. The van der Waals surface area contributed by atoms with Crippen LogP contribution >= 0.6 is 0 Å². The second kappa shape index (κ2) is 10.5. The highest BCUT2D eigenvalue weighted by Gasteiger charge is 2.27. The van der Waals surface area contributed by atoms with Crippen molar-refractivity contribution in [3.8, 4) is 0 Å². The summed E-state index contributed by atoms with van der Waals surface area (Å²) in [5.74, 6) is -0.404. The van der Waals surface area contributed by atoms with Crippen LogP contribution in [0.1, 0.15) is 15.9 Å². The number of urea groups is 1. The van der Waals surface area contributed by atoms with Crippen molar-refractivity contribution in [3.63, 3.8) is 0 Å². The monoisotopic (exact) mass is 443 g/mol. The quantitative estimate of drug-likeness (QED) is 0.441. The Balaban J connectivity index is 1.54. The van der Waals surface area contributed by atoms with Crippen LogP contribution in [0.3, 0.4) is 0 Å². The lowest BCUT2D eigenvalue weighted by atomic mass is 10.1. The van der Waals surface area contributed by atoms with E-state index in [0.717, 1.165) is 0 Å². The van der Waals surface area contributed by atoms with Gasteiger partial charge in [0.25, 0.3) is 5.91 Å². The van der Waals surface area contributed by atoms with Crippen LogP contribution in [0, 0.1) is 0 Å². The normalized spacial score (nSPS) is 11.0. The fourth-order valence-corrected chi connectivity index (χ4v) is 2.73. The number of benzene rings is 3. The van der Waals surface area contributed by atoms with Crippen molar-refractivity contribution >= 4 is 29.0 Å². The van der Waals surface area contributed by atoms with Crippen LogP contribution in [0.25, 0.3) is 0 Å². The van der Waals surface area contributed by atoms with Crippen molar-refractivity contribution in [2.45, 2.75) is 12.8 Å². The Kier molecular flexibility index (Phi) is 7.45. The first-order valence-corrected chi connectivity index (χ1v) is 9.56. The molecule has 0 aliphatic heterocycles. The molecule has 0 heterocycles. The molecule has 0 fully saturated rings. The molecule has 9 heteroatoms. The summed E-state index contributed by atoms with van der Waals surface area (Å²) in [5.41, 5.74) is 2.42. The van der Waals surface area contributed by atoms with E-state index in [2.05, 4.69) is 20.7 Å². The smallest absolute Gasteiger partial charge is 0.367 e. The van der Waals surface area contributed by atoms with E-state index < -0.39 is 24.7 Å². The Morgan fingerprint density at radius 1 is 0.750 bits per heavy atom. The summed E-state index contributed by atoms with van der Waals surface area (Å²) in [6.07, 6.45) is -4.38. The van der Waals surface area contributed by atoms with Gasteiger partial charge in [-0.15, -0.1) is 0 Å². The van der Waals surface area contributed by atoms with Crippen LogP contribution in [0.15, 0.2) is 78.9 Å². The molecule has 3 aromatic rings. The molecular formula is C23H20F3N3O3. The molecule has 6 nitrogen and oxygen atoms in total. The van der Waals surface area contributed by atoms with E-state index in [4.69, 9.17) is 0 Å². The van der Waals surface area contributed by atoms with Crippen molar-refractivity contribution in [1.82, 2.24) is 0 Å². The molecule has 3 N–H and O–H groups in total. The lowest BCUT2D eigenvalue weighted by molar-refractivity contribution is -0.176. The molecule has 0 atom stereocenters. The van der Waals surface area contributed by atoms with Crippen molar-refractivity contribution < 1.29 is 27.5 Å². The van der Waals surface area contributed by atoms with Gasteiger partial charge in [0.15, 0.2) is 0 Å². The number of alkyl halides is 3.